The molecule has 0 unspecified atom stereocenters. The highest BCUT2D eigenvalue weighted by Crippen LogP contribution is 2.26. The third-order valence-electron chi connectivity index (χ3n) is 4.76. The first-order valence-corrected chi connectivity index (χ1v) is 9.73. The first-order chi connectivity index (χ1) is 15.5. The molecule has 0 saturated heterocycles. The normalized spacial score (nSPS) is 10.7. The van der Waals surface area contributed by atoms with Crippen LogP contribution in [0, 0.1) is 13.8 Å². The Balaban J connectivity index is 1.62. The van der Waals surface area contributed by atoms with Gasteiger partial charge in [-0.2, -0.15) is 9.78 Å². The molecule has 0 atom stereocenters. The van der Waals surface area contributed by atoms with Crippen molar-refractivity contribution in [1.29, 1.82) is 0 Å². The van der Waals surface area contributed by atoms with E-state index in [4.69, 9.17) is 13.9 Å². The van der Waals surface area contributed by atoms with Crippen LogP contribution in [0.3, 0.4) is 0 Å². The molecule has 3 aromatic heterocycles. The zero-order valence-electron chi connectivity index (χ0n) is 17.7. The summed E-state index contributed by atoms with van der Waals surface area (Å²) in [4.78, 5) is 31.9. The number of furan rings is 1. The second kappa shape index (κ2) is 8.80. The van der Waals surface area contributed by atoms with Crippen LogP contribution in [0.5, 0.6) is 11.5 Å². The largest absolute Gasteiger partial charge is 0.493 e. The average molecular weight is 435 g/mol. The molecule has 2 N–H and O–H groups in total. The van der Waals surface area contributed by atoms with Crippen molar-refractivity contribution < 1.29 is 18.7 Å². The van der Waals surface area contributed by atoms with Gasteiger partial charge in [-0.05, 0) is 38.1 Å². The number of hydrogen-bond acceptors (Lipinski definition) is 7. The lowest BCUT2D eigenvalue weighted by atomic mass is 10.3. The fourth-order valence-corrected chi connectivity index (χ4v) is 2.97. The van der Waals surface area contributed by atoms with Crippen molar-refractivity contribution in [2.24, 2.45) is 0 Å². The number of hydrogen-bond donors (Lipinski definition) is 2. The highest BCUT2D eigenvalue weighted by atomic mass is 16.5. The van der Waals surface area contributed by atoms with Crippen LogP contribution in [0.2, 0.25) is 0 Å². The number of aromatic nitrogens is 4. The predicted molar refractivity (Wildman–Crippen MR) is 116 cm³/mol. The number of aromatic amines is 1. The molecule has 10 heteroatoms. The smallest absolute Gasteiger partial charge is 0.263 e. The molecule has 0 bridgehead atoms. The lowest BCUT2D eigenvalue weighted by molar-refractivity contribution is -0.118. The minimum absolute atomic E-state index is 0.164. The fourth-order valence-electron chi connectivity index (χ4n) is 2.97. The lowest BCUT2D eigenvalue weighted by Crippen LogP contribution is -2.24. The van der Waals surface area contributed by atoms with Gasteiger partial charge < -0.3 is 19.2 Å². The van der Waals surface area contributed by atoms with Crippen molar-refractivity contribution in [3.05, 3.63) is 70.3 Å². The first kappa shape index (κ1) is 20.9. The van der Waals surface area contributed by atoms with Crippen LogP contribution in [0.1, 0.15) is 11.3 Å². The van der Waals surface area contributed by atoms with Crippen molar-refractivity contribution in [3.8, 4) is 28.9 Å². The predicted octanol–water partition coefficient (Wildman–Crippen LogP) is 2.86. The Hall–Kier alpha value is -4.34. The third-order valence-corrected chi connectivity index (χ3v) is 4.76. The molecule has 10 nitrogen and oxygen atoms in total. The van der Waals surface area contributed by atoms with Crippen LogP contribution in [-0.4, -0.2) is 39.4 Å². The molecule has 32 heavy (non-hydrogen) atoms. The Labute approximate surface area is 182 Å². The molecular formula is C22H21N5O5. The van der Waals surface area contributed by atoms with E-state index >= 15 is 0 Å². The number of aryl methyl sites for hydroxylation is 1. The van der Waals surface area contributed by atoms with E-state index in [2.05, 4.69) is 20.4 Å². The number of nitrogens with one attached hydrogen (secondary N) is 2. The molecule has 164 valence electrons. The third kappa shape index (κ3) is 4.24. The number of benzene rings is 1. The number of anilines is 1. The molecule has 4 aromatic rings. The molecule has 0 radical (unpaired) electrons. The molecular weight excluding hydrogens is 414 g/mol. The van der Waals surface area contributed by atoms with Gasteiger partial charge in [-0.15, -0.1) is 0 Å². The molecule has 1 amide bonds. The van der Waals surface area contributed by atoms with E-state index < -0.39 is 5.91 Å². The summed E-state index contributed by atoms with van der Waals surface area (Å²) in [7, 11) is 1.52. The number of methoxy groups -OCH3 is 1. The zero-order chi connectivity index (χ0) is 22.7. The minimum Gasteiger partial charge on any atom is -0.493 e. The SMILES string of the molecule is COc1ccccc1OCC(=O)Nc1cc(-c2ccco2)nn1-c1nc(C)c(C)c(=O)[nH]1. The van der Waals surface area contributed by atoms with E-state index in [0.717, 1.165) is 0 Å². The molecule has 0 saturated carbocycles. The quantitative estimate of drug-likeness (QED) is 0.457. The van der Waals surface area contributed by atoms with Gasteiger partial charge in [0.2, 0.25) is 5.95 Å². The minimum atomic E-state index is -0.436. The number of ether oxygens (including phenoxy) is 2. The zero-order valence-corrected chi connectivity index (χ0v) is 17.7. The Bertz CT molecular complexity index is 1310. The Morgan fingerprint density at radius 1 is 1.19 bits per heavy atom. The summed E-state index contributed by atoms with van der Waals surface area (Å²) >= 11 is 0. The summed E-state index contributed by atoms with van der Waals surface area (Å²) in [5.41, 5.74) is 1.22. The average Bonchev–Trinajstić information content (AvgIpc) is 3.46. The number of para-hydroxylation sites is 2. The maximum absolute atomic E-state index is 12.6. The van der Waals surface area contributed by atoms with Gasteiger partial charge in [0.05, 0.1) is 13.4 Å². The summed E-state index contributed by atoms with van der Waals surface area (Å²) in [6, 6.07) is 12.1. The topological polar surface area (TPSA) is 124 Å². The van der Waals surface area contributed by atoms with Gasteiger partial charge in [0.25, 0.3) is 11.5 Å². The van der Waals surface area contributed by atoms with Gasteiger partial charge in [0.15, 0.2) is 23.9 Å². The molecule has 0 aliphatic rings. The number of nitrogens with zero attached hydrogens (tertiary/aromatic N) is 3. The van der Waals surface area contributed by atoms with Gasteiger partial charge in [-0.25, -0.2) is 4.98 Å². The van der Waals surface area contributed by atoms with Crippen LogP contribution >= 0.6 is 0 Å². The second-order valence-electron chi connectivity index (χ2n) is 6.89. The van der Waals surface area contributed by atoms with Crippen molar-refractivity contribution >= 4 is 11.7 Å². The van der Waals surface area contributed by atoms with Crippen molar-refractivity contribution in [2.75, 3.05) is 19.0 Å². The molecule has 0 fully saturated rings. The number of H-pyrrole nitrogens is 1. The maximum atomic E-state index is 12.6. The standard InChI is InChI=1S/C22H21N5O5/c1-13-14(2)23-22(25-21(13)29)27-19(11-15(26-27)16-9-6-10-31-16)24-20(28)12-32-18-8-5-4-7-17(18)30-3/h4-11H,12H2,1-3H3,(H,24,28)(H,23,25,29). The van der Waals surface area contributed by atoms with Gasteiger partial charge in [-0.3, -0.25) is 14.6 Å². The molecule has 0 spiro atoms. The van der Waals surface area contributed by atoms with E-state index in [0.29, 0.717) is 34.2 Å². The van der Waals surface area contributed by atoms with Crippen molar-refractivity contribution in [1.82, 2.24) is 19.7 Å². The van der Waals surface area contributed by atoms with E-state index in [1.54, 1.807) is 56.3 Å². The summed E-state index contributed by atoms with van der Waals surface area (Å²) < 4.78 is 17.6. The number of carbonyl (C=O) groups excluding carboxylic acids is 1. The maximum Gasteiger partial charge on any atom is 0.263 e. The second-order valence-corrected chi connectivity index (χ2v) is 6.89. The van der Waals surface area contributed by atoms with Crippen LogP contribution in [-0.2, 0) is 4.79 Å². The summed E-state index contributed by atoms with van der Waals surface area (Å²) in [5, 5.41) is 7.19. The fraction of sp³-hybridized carbons (Fsp3) is 0.182. The summed E-state index contributed by atoms with van der Waals surface area (Å²) in [5.74, 6) is 1.47. The van der Waals surface area contributed by atoms with E-state index in [1.807, 2.05) is 0 Å². The summed E-state index contributed by atoms with van der Waals surface area (Å²) in [6.45, 7) is 3.14. The summed E-state index contributed by atoms with van der Waals surface area (Å²) in [6.07, 6.45) is 1.52. The van der Waals surface area contributed by atoms with Crippen LogP contribution in [0.15, 0.2) is 57.9 Å². The first-order valence-electron chi connectivity index (χ1n) is 9.73. The van der Waals surface area contributed by atoms with Crippen LogP contribution in [0.4, 0.5) is 5.82 Å². The Kier molecular flexibility index (Phi) is 5.75. The van der Waals surface area contributed by atoms with E-state index in [-0.39, 0.29) is 23.9 Å². The van der Waals surface area contributed by atoms with E-state index in [1.165, 1.54) is 18.1 Å². The highest BCUT2D eigenvalue weighted by Gasteiger charge is 2.18. The molecule has 4 rings (SSSR count). The molecule has 1 aromatic carbocycles. The lowest BCUT2D eigenvalue weighted by Gasteiger charge is -2.11. The van der Waals surface area contributed by atoms with Gasteiger partial charge in [-0.1, -0.05) is 12.1 Å². The molecule has 0 aliphatic carbocycles. The van der Waals surface area contributed by atoms with Crippen molar-refractivity contribution in [2.45, 2.75) is 13.8 Å². The Morgan fingerprint density at radius 2 is 1.97 bits per heavy atom. The molecule has 0 aliphatic heterocycles. The van der Waals surface area contributed by atoms with Gasteiger partial charge in [0, 0.05) is 17.3 Å². The number of rotatable bonds is 7. The Morgan fingerprint density at radius 3 is 2.66 bits per heavy atom. The number of amides is 1. The number of carbonyl (C=O) groups is 1. The molecule has 3 heterocycles. The van der Waals surface area contributed by atoms with Crippen molar-refractivity contribution in [3.63, 3.8) is 0 Å². The highest BCUT2D eigenvalue weighted by molar-refractivity contribution is 5.91. The van der Waals surface area contributed by atoms with Gasteiger partial charge in [0.1, 0.15) is 11.5 Å². The van der Waals surface area contributed by atoms with E-state index in [9.17, 15) is 9.59 Å². The van der Waals surface area contributed by atoms with Crippen LogP contribution < -0.4 is 20.3 Å². The monoisotopic (exact) mass is 435 g/mol. The van der Waals surface area contributed by atoms with Gasteiger partial charge >= 0.3 is 0 Å². The van der Waals surface area contributed by atoms with Crippen LogP contribution in [0.25, 0.3) is 17.4 Å².